The lowest BCUT2D eigenvalue weighted by Gasteiger charge is -2.29. The molecule has 3 aromatic carbocycles. The van der Waals surface area contributed by atoms with Crippen LogP contribution in [-0.2, 0) is 25.5 Å². The summed E-state index contributed by atoms with van der Waals surface area (Å²) in [5.41, 5.74) is 3.40. The number of hydrogen-bond donors (Lipinski definition) is 0. The van der Waals surface area contributed by atoms with Crippen LogP contribution in [0.2, 0.25) is 0 Å². The first-order chi connectivity index (χ1) is 23.4. The number of allylic oxidation sites excluding steroid dienone is 2. The molecule has 1 aliphatic carbocycles. The van der Waals surface area contributed by atoms with Crippen LogP contribution >= 0.6 is 11.3 Å². The van der Waals surface area contributed by atoms with Crippen molar-refractivity contribution in [2.24, 2.45) is 17.3 Å². The second-order valence-corrected chi connectivity index (χ2v) is 14.6. The van der Waals surface area contributed by atoms with Gasteiger partial charge in [0.05, 0.1) is 35.3 Å². The largest absolute Gasteiger partial charge is 0.469 e. The Morgan fingerprint density at radius 2 is 1.73 bits per heavy atom. The molecule has 1 saturated carbocycles. The Morgan fingerprint density at radius 3 is 2.52 bits per heavy atom. The second-order valence-electron chi connectivity index (χ2n) is 13.6. The number of thiazole rings is 1. The van der Waals surface area contributed by atoms with E-state index in [4.69, 9.17) is 9.47 Å². The summed E-state index contributed by atoms with van der Waals surface area (Å²) in [5, 5.41) is 0.539. The minimum atomic E-state index is -0.858. The number of benzene rings is 3. The predicted octanol–water partition coefficient (Wildman–Crippen LogP) is 7.83. The van der Waals surface area contributed by atoms with E-state index in [0.29, 0.717) is 31.0 Å². The lowest BCUT2D eigenvalue weighted by atomic mass is 9.90. The Balaban J connectivity index is 1.16. The maximum atomic E-state index is 14.6. The van der Waals surface area contributed by atoms with Crippen LogP contribution in [0, 0.1) is 17.3 Å². The summed E-state index contributed by atoms with van der Waals surface area (Å²) >= 11 is 1.47. The number of nitrogens with zero attached hydrogens (tertiary/aromatic N) is 2. The van der Waals surface area contributed by atoms with E-state index in [1.54, 1.807) is 4.90 Å². The van der Waals surface area contributed by atoms with Crippen LogP contribution in [0.3, 0.4) is 0 Å². The third kappa shape index (κ3) is 6.81. The molecule has 248 valence electrons. The summed E-state index contributed by atoms with van der Waals surface area (Å²) < 4.78 is 12.6. The Hall–Kier alpha value is -4.30. The average Bonchev–Trinajstić information content (AvgIpc) is 3.41. The summed E-state index contributed by atoms with van der Waals surface area (Å²) in [6.07, 6.45) is 10.1. The Bertz CT molecular complexity index is 1770. The third-order valence-electron chi connectivity index (χ3n) is 10.4. The van der Waals surface area contributed by atoms with Gasteiger partial charge in [-0.2, -0.15) is 0 Å². The zero-order chi connectivity index (χ0) is 33.1. The summed E-state index contributed by atoms with van der Waals surface area (Å²) in [5.74, 6) is -0.743. The minimum absolute atomic E-state index is 0.0108. The van der Waals surface area contributed by atoms with Crippen molar-refractivity contribution in [2.75, 3.05) is 13.7 Å². The fourth-order valence-corrected chi connectivity index (χ4v) is 8.47. The van der Waals surface area contributed by atoms with Crippen LogP contribution in [-0.4, -0.2) is 53.3 Å². The molecule has 3 heterocycles. The quantitative estimate of drug-likeness (QED) is 0.155. The van der Waals surface area contributed by atoms with Crippen LogP contribution in [0.1, 0.15) is 56.9 Å². The van der Waals surface area contributed by atoms with Gasteiger partial charge in [-0.25, -0.2) is 4.98 Å². The normalized spacial score (nSPS) is 27.0. The standard InChI is InChI=1S/C40H42N2O5S/c1-46-38(45)40-24-31(40)15-9-4-2-3-6-14-30(22-27-18-20-29(21-19-27)28-12-7-5-8-13-28)37(44)42-26-32(23-34(42)35(43)25-40)47-39-41-33-16-10-11-17-36(33)48-39/h5,7-13,15-21,30-32,34H,2-4,6,14,22-26H2,1H3/b15-9-/t30-,31-,32-,34+,40-/m1/s1. The molecule has 2 aliphatic heterocycles. The van der Waals surface area contributed by atoms with E-state index in [-0.39, 0.29) is 42.0 Å². The highest BCUT2D eigenvalue weighted by Gasteiger charge is 2.61. The maximum Gasteiger partial charge on any atom is 0.312 e. The number of para-hydroxylation sites is 1. The molecule has 1 saturated heterocycles. The minimum Gasteiger partial charge on any atom is -0.469 e. The van der Waals surface area contributed by atoms with E-state index in [0.717, 1.165) is 59.0 Å². The van der Waals surface area contributed by atoms with Crippen molar-refractivity contribution in [2.45, 2.75) is 69.9 Å². The van der Waals surface area contributed by atoms with Crippen molar-refractivity contribution >= 4 is 39.2 Å². The molecule has 1 amide bonds. The van der Waals surface area contributed by atoms with Gasteiger partial charge in [-0.1, -0.05) is 103 Å². The number of fused-ring (bicyclic) bond motifs is 3. The van der Waals surface area contributed by atoms with Crippen molar-refractivity contribution in [1.82, 2.24) is 9.88 Å². The van der Waals surface area contributed by atoms with Gasteiger partial charge in [0.2, 0.25) is 5.91 Å². The number of aromatic nitrogens is 1. The van der Waals surface area contributed by atoms with Crippen molar-refractivity contribution in [3.63, 3.8) is 0 Å². The number of Topliss-reactive ketones (excluding diaryl/α,β-unsaturated/α-hetero) is 1. The second kappa shape index (κ2) is 14.0. The molecule has 7 rings (SSSR count). The van der Waals surface area contributed by atoms with Crippen molar-refractivity contribution in [3.05, 3.63) is 96.6 Å². The van der Waals surface area contributed by atoms with Crippen molar-refractivity contribution < 1.29 is 23.9 Å². The van der Waals surface area contributed by atoms with Gasteiger partial charge in [0, 0.05) is 18.8 Å². The number of esters is 1. The molecule has 0 N–H and O–H groups in total. The lowest BCUT2D eigenvalue weighted by molar-refractivity contribution is -0.150. The molecular formula is C40H42N2O5S. The zero-order valence-electron chi connectivity index (χ0n) is 27.4. The number of ether oxygens (including phenoxy) is 2. The van der Waals surface area contributed by atoms with Crippen LogP contribution in [0.25, 0.3) is 21.3 Å². The SMILES string of the molecule is COC(=O)[C@]12CC(=O)[C@@H]3C[C@@H](Oc4nc5ccccc5s4)CN3C(=O)[C@@H](Cc3ccc(-c4ccccc4)cc3)CCCCC/C=C\[C@@H]1C2. The van der Waals surface area contributed by atoms with Crippen molar-refractivity contribution in [1.29, 1.82) is 0 Å². The number of amides is 1. The number of rotatable bonds is 6. The Morgan fingerprint density at radius 1 is 0.958 bits per heavy atom. The molecule has 0 bridgehead atoms. The van der Waals surface area contributed by atoms with Crippen molar-refractivity contribution in [3.8, 4) is 16.3 Å². The van der Waals surface area contributed by atoms with E-state index in [9.17, 15) is 14.4 Å². The highest BCUT2D eigenvalue weighted by Crippen LogP contribution is 2.57. The lowest BCUT2D eigenvalue weighted by Crippen LogP contribution is -2.45. The van der Waals surface area contributed by atoms with Gasteiger partial charge in [-0.05, 0) is 66.8 Å². The van der Waals surface area contributed by atoms with E-state index >= 15 is 0 Å². The summed E-state index contributed by atoms with van der Waals surface area (Å²) in [4.78, 5) is 48.3. The van der Waals surface area contributed by atoms with Crippen LogP contribution in [0.5, 0.6) is 5.19 Å². The molecule has 0 radical (unpaired) electrons. The molecule has 5 atom stereocenters. The topological polar surface area (TPSA) is 85.8 Å². The molecule has 0 spiro atoms. The number of carbonyl (C=O) groups is 3. The van der Waals surface area contributed by atoms with Gasteiger partial charge in [0.15, 0.2) is 5.78 Å². The first kappa shape index (κ1) is 32.3. The van der Waals surface area contributed by atoms with E-state index in [1.807, 2.05) is 42.5 Å². The van der Waals surface area contributed by atoms with Gasteiger partial charge in [0.25, 0.3) is 5.19 Å². The number of ketones is 1. The highest BCUT2D eigenvalue weighted by molar-refractivity contribution is 7.20. The van der Waals surface area contributed by atoms with E-state index < -0.39 is 11.5 Å². The predicted molar refractivity (Wildman–Crippen MR) is 188 cm³/mol. The first-order valence-corrected chi connectivity index (χ1v) is 18.0. The third-order valence-corrected chi connectivity index (χ3v) is 11.3. The molecule has 1 aromatic heterocycles. The zero-order valence-corrected chi connectivity index (χ0v) is 28.2. The molecule has 2 fully saturated rings. The molecule has 4 aromatic rings. The Labute approximate surface area is 286 Å². The summed E-state index contributed by atoms with van der Waals surface area (Å²) in [7, 11) is 1.39. The monoisotopic (exact) mass is 662 g/mol. The molecule has 7 nitrogen and oxygen atoms in total. The van der Waals surface area contributed by atoms with E-state index in [2.05, 4.69) is 53.5 Å². The van der Waals surface area contributed by atoms with Gasteiger partial charge in [-0.15, -0.1) is 0 Å². The molecule has 8 heteroatoms. The van der Waals surface area contributed by atoms with E-state index in [1.165, 1.54) is 18.4 Å². The molecular weight excluding hydrogens is 621 g/mol. The van der Waals surface area contributed by atoms with Gasteiger partial charge < -0.3 is 14.4 Å². The summed E-state index contributed by atoms with van der Waals surface area (Å²) in [6.45, 7) is 0.309. The maximum absolute atomic E-state index is 14.6. The highest BCUT2D eigenvalue weighted by atomic mass is 32.1. The smallest absolute Gasteiger partial charge is 0.312 e. The fraction of sp³-hybridized carbons (Fsp3) is 0.400. The van der Waals surface area contributed by atoms with Crippen LogP contribution in [0.4, 0.5) is 0 Å². The van der Waals surface area contributed by atoms with Gasteiger partial charge >= 0.3 is 5.97 Å². The molecule has 3 aliphatic rings. The van der Waals surface area contributed by atoms with Crippen LogP contribution in [0.15, 0.2) is 91.0 Å². The molecule has 48 heavy (non-hydrogen) atoms. The van der Waals surface area contributed by atoms with Gasteiger partial charge in [-0.3, -0.25) is 14.4 Å². The number of methoxy groups -OCH3 is 1. The Kier molecular flexibility index (Phi) is 9.44. The summed E-state index contributed by atoms with van der Waals surface area (Å²) in [6, 6.07) is 26.0. The number of carbonyl (C=O) groups excluding carboxylic acids is 3. The first-order valence-electron chi connectivity index (χ1n) is 17.2. The molecule has 0 unspecified atom stereocenters. The van der Waals surface area contributed by atoms with Crippen LogP contribution < -0.4 is 4.74 Å². The average molecular weight is 663 g/mol. The number of hydrogen-bond acceptors (Lipinski definition) is 7. The fourth-order valence-electron chi connectivity index (χ4n) is 7.59. The van der Waals surface area contributed by atoms with Gasteiger partial charge in [0.1, 0.15) is 6.10 Å².